The number of piperidine rings is 1. The highest BCUT2D eigenvalue weighted by molar-refractivity contribution is 7.89. The van der Waals surface area contributed by atoms with Crippen LogP contribution in [0, 0.1) is 5.92 Å². The number of hydrogen-bond donors (Lipinski definition) is 0. The van der Waals surface area contributed by atoms with Gasteiger partial charge in [-0.25, -0.2) is 13.4 Å². The Balaban J connectivity index is 1.39. The number of carbonyl (C=O) groups is 2. The predicted molar refractivity (Wildman–Crippen MR) is 124 cm³/mol. The minimum Gasteiger partial charge on any atom is -0.342 e. The van der Waals surface area contributed by atoms with Crippen molar-refractivity contribution in [3.8, 4) is 0 Å². The van der Waals surface area contributed by atoms with E-state index in [1.807, 2.05) is 17.4 Å². The molecule has 3 heterocycles. The lowest BCUT2D eigenvalue weighted by atomic mass is 10.0. The van der Waals surface area contributed by atoms with Crippen LogP contribution in [0.3, 0.4) is 0 Å². The molecule has 2 aromatic rings. The van der Waals surface area contributed by atoms with Crippen LogP contribution in [0.5, 0.6) is 0 Å². The van der Waals surface area contributed by atoms with Gasteiger partial charge in [0.2, 0.25) is 21.8 Å². The number of imidazole rings is 1. The van der Waals surface area contributed by atoms with Crippen LogP contribution in [0.4, 0.5) is 5.69 Å². The molecule has 2 amide bonds. The number of aromatic nitrogens is 2. The summed E-state index contributed by atoms with van der Waals surface area (Å²) in [5.41, 5.74) is 0.618. The smallest absolute Gasteiger partial charge is 0.243 e. The summed E-state index contributed by atoms with van der Waals surface area (Å²) in [5, 5.41) is 0. The number of nitrogens with zero attached hydrogens (tertiary/aromatic N) is 5. The van der Waals surface area contributed by atoms with Gasteiger partial charge in [-0.2, -0.15) is 4.31 Å². The number of rotatable bonds is 7. The number of sulfonamides is 1. The van der Waals surface area contributed by atoms with Gasteiger partial charge >= 0.3 is 0 Å². The van der Waals surface area contributed by atoms with Gasteiger partial charge in [-0.1, -0.05) is 13.8 Å². The Morgan fingerprint density at radius 2 is 1.79 bits per heavy atom. The summed E-state index contributed by atoms with van der Waals surface area (Å²) in [4.78, 5) is 33.5. The highest BCUT2D eigenvalue weighted by atomic mass is 32.2. The molecule has 1 unspecified atom stereocenters. The van der Waals surface area contributed by atoms with E-state index >= 15 is 0 Å². The average Bonchev–Trinajstić information content (AvgIpc) is 3.50. The fraction of sp³-hybridized carbons (Fsp3) is 0.522. The van der Waals surface area contributed by atoms with Gasteiger partial charge in [0.15, 0.2) is 0 Å². The first-order chi connectivity index (χ1) is 15.8. The maximum atomic E-state index is 13.1. The highest BCUT2D eigenvalue weighted by Crippen LogP contribution is 2.30. The molecular formula is C23H31N5O4S. The molecule has 0 spiro atoms. The number of amides is 2. The molecule has 2 aliphatic rings. The lowest BCUT2D eigenvalue weighted by Gasteiger charge is -2.34. The second-order valence-electron chi connectivity index (χ2n) is 8.55. The SMILES string of the molecule is CCN(CC)S(=O)(=O)c1ccc(N2CC(C(=O)N3CCC(n4ccnc4)CC3)CC2=O)cc1. The molecule has 10 heteroatoms. The third-order valence-electron chi connectivity index (χ3n) is 6.69. The Bertz CT molecular complexity index is 1070. The van der Waals surface area contributed by atoms with Crippen LogP contribution in [0.2, 0.25) is 0 Å². The fourth-order valence-electron chi connectivity index (χ4n) is 4.76. The molecule has 0 bridgehead atoms. The quantitative estimate of drug-likeness (QED) is 0.614. The van der Waals surface area contributed by atoms with Crippen molar-refractivity contribution in [1.29, 1.82) is 0 Å². The molecule has 178 valence electrons. The molecule has 2 saturated heterocycles. The largest absolute Gasteiger partial charge is 0.342 e. The second-order valence-corrected chi connectivity index (χ2v) is 10.5. The van der Waals surface area contributed by atoms with E-state index < -0.39 is 10.0 Å². The topological polar surface area (TPSA) is 95.8 Å². The van der Waals surface area contributed by atoms with Crippen molar-refractivity contribution in [3.63, 3.8) is 0 Å². The molecule has 33 heavy (non-hydrogen) atoms. The van der Waals surface area contributed by atoms with Gasteiger partial charge in [-0.05, 0) is 37.1 Å². The first kappa shape index (κ1) is 23.4. The summed E-state index contributed by atoms with van der Waals surface area (Å²) in [5.74, 6) is -0.460. The summed E-state index contributed by atoms with van der Waals surface area (Å²) in [7, 11) is -3.55. The van der Waals surface area contributed by atoms with E-state index in [4.69, 9.17) is 0 Å². The summed E-state index contributed by atoms with van der Waals surface area (Å²) in [6.07, 6.45) is 7.45. The van der Waals surface area contributed by atoms with Crippen molar-refractivity contribution in [2.45, 2.75) is 44.0 Å². The van der Waals surface area contributed by atoms with Crippen LogP contribution >= 0.6 is 0 Å². The van der Waals surface area contributed by atoms with E-state index in [9.17, 15) is 18.0 Å². The molecule has 0 N–H and O–H groups in total. The Morgan fingerprint density at radius 1 is 1.12 bits per heavy atom. The molecule has 0 saturated carbocycles. The Hall–Kier alpha value is -2.72. The normalized spacial score (nSPS) is 20.1. The number of benzene rings is 1. The summed E-state index contributed by atoms with van der Waals surface area (Å²) < 4.78 is 28.9. The van der Waals surface area contributed by atoms with E-state index in [0.29, 0.717) is 44.5 Å². The average molecular weight is 474 g/mol. The van der Waals surface area contributed by atoms with Gasteiger partial charge in [0.05, 0.1) is 17.1 Å². The van der Waals surface area contributed by atoms with Crippen molar-refractivity contribution in [3.05, 3.63) is 43.0 Å². The number of hydrogen-bond acceptors (Lipinski definition) is 5. The lowest BCUT2D eigenvalue weighted by molar-refractivity contribution is -0.137. The molecule has 4 rings (SSSR count). The Kier molecular flexibility index (Phi) is 6.85. The third kappa shape index (κ3) is 4.67. The van der Waals surface area contributed by atoms with Crippen molar-refractivity contribution < 1.29 is 18.0 Å². The van der Waals surface area contributed by atoms with E-state index in [0.717, 1.165) is 12.8 Å². The molecule has 0 aliphatic carbocycles. The third-order valence-corrected chi connectivity index (χ3v) is 8.75. The zero-order valence-electron chi connectivity index (χ0n) is 19.1. The van der Waals surface area contributed by atoms with E-state index in [2.05, 4.69) is 9.55 Å². The highest BCUT2D eigenvalue weighted by Gasteiger charge is 2.38. The zero-order valence-corrected chi connectivity index (χ0v) is 19.9. The molecular weight excluding hydrogens is 442 g/mol. The lowest BCUT2D eigenvalue weighted by Crippen LogP contribution is -2.42. The van der Waals surface area contributed by atoms with Crippen LogP contribution < -0.4 is 4.90 Å². The number of carbonyl (C=O) groups excluding carboxylic acids is 2. The minimum absolute atomic E-state index is 0.0238. The molecule has 2 aliphatic heterocycles. The van der Waals surface area contributed by atoms with Gasteiger partial charge < -0.3 is 14.4 Å². The maximum absolute atomic E-state index is 13.1. The summed E-state index contributed by atoms with van der Waals surface area (Å²) >= 11 is 0. The molecule has 0 radical (unpaired) electrons. The van der Waals surface area contributed by atoms with Crippen LogP contribution in [0.15, 0.2) is 47.9 Å². The van der Waals surface area contributed by atoms with Crippen LogP contribution in [0.25, 0.3) is 0 Å². The number of anilines is 1. The standard InChI is InChI=1S/C23H31N5O4S/c1-3-27(4-2)33(31,32)21-7-5-20(6-8-21)28-16-18(15-22(28)29)23(30)25-12-9-19(10-13-25)26-14-11-24-17-26/h5-8,11,14,17-19H,3-4,9-10,12-13,15-16H2,1-2H3. The second kappa shape index (κ2) is 9.64. The van der Waals surface area contributed by atoms with Crippen LogP contribution in [0.1, 0.15) is 39.2 Å². The number of likely N-dealkylation sites (tertiary alicyclic amines) is 1. The Morgan fingerprint density at radius 3 is 2.36 bits per heavy atom. The van der Waals surface area contributed by atoms with Crippen LogP contribution in [-0.2, 0) is 19.6 Å². The minimum atomic E-state index is -3.55. The first-order valence-electron chi connectivity index (χ1n) is 11.5. The van der Waals surface area contributed by atoms with E-state index in [1.54, 1.807) is 37.1 Å². The van der Waals surface area contributed by atoms with Crippen molar-refractivity contribution in [1.82, 2.24) is 18.8 Å². The monoisotopic (exact) mass is 473 g/mol. The molecule has 1 aromatic heterocycles. The maximum Gasteiger partial charge on any atom is 0.243 e. The van der Waals surface area contributed by atoms with E-state index in [1.165, 1.54) is 16.4 Å². The molecule has 2 fully saturated rings. The van der Waals surface area contributed by atoms with Gasteiger partial charge in [0.25, 0.3) is 0 Å². The Labute approximate surface area is 195 Å². The summed E-state index contributed by atoms with van der Waals surface area (Å²) in [6, 6.07) is 6.72. The van der Waals surface area contributed by atoms with Gasteiger partial charge in [-0.3, -0.25) is 9.59 Å². The van der Waals surface area contributed by atoms with Gasteiger partial charge in [0, 0.05) is 63.3 Å². The van der Waals surface area contributed by atoms with Gasteiger partial charge in [-0.15, -0.1) is 0 Å². The molecule has 9 nitrogen and oxygen atoms in total. The van der Waals surface area contributed by atoms with Crippen molar-refractivity contribution in [2.24, 2.45) is 5.92 Å². The molecule has 1 aromatic carbocycles. The van der Waals surface area contributed by atoms with Gasteiger partial charge in [0.1, 0.15) is 0 Å². The zero-order chi connectivity index (χ0) is 23.6. The van der Waals surface area contributed by atoms with E-state index in [-0.39, 0.29) is 29.0 Å². The predicted octanol–water partition coefficient (Wildman–Crippen LogP) is 2.13. The fourth-order valence-corrected chi connectivity index (χ4v) is 6.22. The van der Waals surface area contributed by atoms with Crippen LogP contribution in [-0.4, -0.2) is 71.7 Å². The molecule has 1 atom stereocenters. The summed E-state index contributed by atoms with van der Waals surface area (Å²) in [6.45, 7) is 6.06. The first-order valence-corrected chi connectivity index (χ1v) is 13.0. The van der Waals surface area contributed by atoms with Crippen molar-refractivity contribution >= 4 is 27.5 Å². The van der Waals surface area contributed by atoms with Crippen molar-refractivity contribution in [2.75, 3.05) is 37.6 Å².